The smallest absolute Gasteiger partial charge is 0.320 e. The molecule has 4 nitrogen and oxygen atoms in total. The summed E-state index contributed by atoms with van der Waals surface area (Å²) in [6, 6.07) is -0.493. The molecule has 0 amide bonds. The van der Waals surface area contributed by atoms with Crippen molar-refractivity contribution in [3.05, 3.63) is 16.1 Å². The predicted molar refractivity (Wildman–Crippen MR) is 64.7 cm³/mol. The molecule has 0 saturated carbocycles. The number of aryl methyl sites for hydroxylation is 1. The molecule has 0 bridgehead atoms. The van der Waals surface area contributed by atoms with Crippen LogP contribution in [0.4, 0.5) is 0 Å². The first-order chi connectivity index (χ1) is 7.43. The maximum atomic E-state index is 11.1. The van der Waals surface area contributed by atoms with Gasteiger partial charge in [0.25, 0.3) is 0 Å². The Hall–Kier alpha value is -0.940. The Morgan fingerprint density at radius 3 is 2.50 bits per heavy atom. The number of carboxylic acid groups (broad SMARTS) is 1. The molecular weight excluding hydrogens is 224 g/mol. The molecule has 0 radical (unpaired) electrons. The fraction of sp³-hybridized carbons (Fsp3) is 0.636. The van der Waals surface area contributed by atoms with Gasteiger partial charge in [-0.15, -0.1) is 11.3 Å². The quantitative estimate of drug-likeness (QED) is 0.831. The number of carboxylic acids is 1. The van der Waals surface area contributed by atoms with E-state index < -0.39 is 12.0 Å². The molecular formula is C11H18N2O2S. The summed E-state index contributed by atoms with van der Waals surface area (Å²) in [6.07, 6.45) is 0. The summed E-state index contributed by atoms with van der Waals surface area (Å²) in [5.74, 6) is -0.739. The number of hydrogen-bond donors (Lipinski definition) is 2. The monoisotopic (exact) mass is 242 g/mol. The summed E-state index contributed by atoms with van der Waals surface area (Å²) in [6.45, 7) is 7.71. The fourth-order valence-corrected chi connectivity index (χ4v) is 2.44. The van der Waals surface area contributed by atoms with Crippen molar-refractivity contribution in [3.8, 4) is 0 Å². The SMILES string of the molecule is Cc1ncsc1C(C)NC(C(=O)O)C(C)C. The van der Waals surface area contributed by atoms with E-state index in [2.05, 4.69) is 10.3 Å². The normalized spacial score (nSPS) is 15.1. The zero-order valence-electron chi connectivity index (χ0n) is 10.0. The number of aromatic nitrogens is 1. The lowest BCUT2D eigenvalue weighted by molar-refractivity contribution is -0.140. The summed E-state index contributed by atoms with van der Waals surface area (Å²) in [7, 11) is 0. The standard InChI is InChI=1S/C11H18N2O2S/c1-6(2)9(11(14)15)13-8(4)10-7(3)12-5-16-10/h5-6,8-9,13H,1-4H3,(H,14,15). The largest absolute Gasteiger partial charge is 0.480 e. The van der Waals surface area contributed by atoms with Gasteiger partial charge in [-0.05, 0) is 19.8 Å². The van der Waals surface area contributed by atoms with Crippen molar-refractivity contribution in [1.29, 1.82) is 0 Å². The number of thiazole rings is 1. The van der Waals surface area contributed by atoms with Gasteiger partial charge in [0.1, 0.15) is 6.04 Å². The van der Waals surface area contributed by atoms with Crippen LogP contribution in [0.2, 0.25) is 0 Å². The number of hydrogen-bond acceptors (Lipinski definition) is 4. The lowest BCUT2D eigenvalue weighted by Gasteiger charge is -2.22. The second-order valence-electron chi connectivity index (χ2n) is 4.25. The van der Waals surface area contributed by atoms with Crippen LogP contribution >= 0.6 is 11.3 Å². The molecule has 5 heteroatoms. The molecule has 0 aliphatic heterocycles. The Balaban J connectivity index is 2.73. The van der Waals surface area contributed by atoms with Gasteiger partial charge in [0.15, 0.2) is 0 Å². The van der Waals surface area contributed by atoms with Crippen LogP contribution in [0, 0.1) is 12.8 Å². The zero-order valence-corrected chi connectivity index (χ0v) is 10.8. The summed E-state index contributed by atoms with van der Waals surface area (Å²) in [5, 5.41) is 12.2. The number of nitrogens with zero attached hydrogens (tertiary/aromatic N) is 1. The molecule has 2 N–H and O–H groups in total. The molecule has 1 aromatic heterocycles. The Morgan fingerprint density at radius 1 is 1.50 bits per heavy atom. The van der Waals surface area contributed by atoms with E-state index in [0.717, 1.165) is 10.6 Å². The summed E-state index contributed by atoms with van der Waals surface area (Å²) >= 11 is 1.56. The van der Waals surface area contributed by atoms with E-state index in [-0.39, 0.29) is 12.0 Å². The second kappa shape index (κ2) is 5.41. The molecule has 0 fully saturated rings. The average molecular weight is 242 g/mol. The molecule has 16 heavy (non-hydrogen) atoms. The molecule has 0 aromatic carbocycles. The third kappa shape index (κ3) is 3.02. The van der Waals surface area contributed by atoms with Crippen LogP contribution in [0.5, 0.6) is 0 Å². The molecule has 1 rings (SSSR count). The highest BCUT2D eigenvalue weighted by Crippen LogP contribution is 2.22. The van der Waals surface area contributed by atoms with E-state index in [4.69, 9.17) is 5.11 Å². The van der Waals surface area contributed by atoms with Gasteiger partial charge in [0.05, 0.1) is 11.2 Å². The molecule has 0 aliphatic carbocycles. The van der Waals surface area contributed by atoms with Gasteiger partial charge < -0.3 is 5.11 Å². The van der Waals surface area contributed by atoms with Crippen LogP contribution in [0.1, 0.15) is 37.4 Å². The van der Waals surface area contributed by atoms with Crippen LogP contribution < -0.4 is 5.32 Å². The maximum Gasteiger partial charge on any atom is 0.320 e. The highest BCUT2D eigenvalue weighted by atomic mass is 32.1. The Bertz CT molecular complexity index is 363. The minimum atomic E-state index is -0.802. The molecule has 1 aromatic rings. The average Bonchev–Trinajstić information content (AvgIpc) is 2.59. The molecule has 2 atom stereocenters. The molecule has 0 saturated heterocycles. The fourth-order valence-electron chi connectivity index (χ4n) is 1.62. The maximum absolute atomic E-state index is 11.1. The lowest BCUT2D eigenvalue weighted by Crippen LogP contribution is -2.42. The minimum Gasteiger partial charge on any atom is -0.480 e. The van der Waals surface area contributed by atoms with E-state index >= 15 is 0 Å². The van der Waals surface area contributed by atoms with Gasteiger partial charge in [0.2, 0.25) is 0 Å². The van der Waals surface area contributed by atoms with E-state index in [9.17, 15) is 4.79 Å². The van der Waals surface area contributed by atoms with Crippen molar-refractivity contribution < 1.29 is 9.90 Å². The Labute approximate surface area is 99.7 Å². The van der Waals surface area contributed by atoms with Crippen LogP contribution in [-0.2, 0) is 4.79 Å². The van der Waals surface area contributed by atoms with Crippen molar-refractivity contribution in [2.24, 2.45) is 5.92 Å². The molecule has 1 heterocycles. The number of aliphatic carboxylic acids is 1. The summed E-state index contributed by atoms with van der Waals surface area (Å²) in [5.41, 5.74) is 2.76. The number of rotatable bonds is 5. The van der Waals surface area contributed by atoms with Crippen LogP contribution in [0.25, 0.3) is 0 Å². The van der Waals surface area contributed by atoms with Gasteiger partial charge in [-0.2, -0.15) is 0 Å². The molecule has 0 spiro atoms. The van der Waals surface area contributed by atoms with E-state index in [1.807, 2.05) is 27.7 Å². The van der Waals surface area contributed by atoms with E-state index in [0.29, 0.717) is 0 Å². The van der Waals surface area contributed by atoms with Gasteiger partial charge in [-0.3, -0.25) is 10.1 Å². The van der Waals surface area contributed by atoms with Crippen molar-refractivity contribution in [1.82, 2.24) is 10.3 Å². The van der Waals surface area contributed by atoms with Crippen molar-refractivity contribution in [2.45, 2.75) is 39.8 Å². The van der Waals surface area contributed by atoms with Crippen LogP contribution in [0.15, 0.2) is 5.51 Å². The summed E-state index contributed by atoms with van der Waals surface area (Å²) in [4.78, 5) is 16.3. The molecule has 0 aliphatic rings. The van der Waals surface area contributed by atoms with Crippen molar-refractivity contribution in [3.63, 3.8) is 0 Å². The minimum absolute atomic E-state index is 0.0241. The third-order valence-corrected chi connectivity index (χ3v) is 3.65. The van der Waals surface area contributed by atoms with E-state index in [1.165, 1.54) is 0 Å². The van der Waals surface area contributed by atoms with Gasteiger partial charge in [0, 0.05) is 10.9 Å². The number of carbonyl (C=O) groups is 1. The first-order valence-electron chi connectivity index (χ1n) is 5.32. The first kappa shape index (κ1) is 13.1. The summed E-state index contributed by atoms with van der Waals surface area (Å²) < 4.78 is 0. The first-order valence-corrected chi connectivity index (χ1v) is 6.20. The third-order valence-electron chi connectivity index (χ3n) is 2.54. The van der Waals surface area contributed by atoms with E-state index in [1.54, 1.807) is 16.8 Å². The highest BCUT2D eigenvalue weighted by Gasteiger charge is 2.24. The number of nitrogens with one attached hydrogen (secondary N) is 1. The highest BCUT2D eigenvalue weighted by molar-refractivity contribution is 7.09. The van der Waals surface area contributed by atoms with Crippen LogP contribution in [-0.4, -0.2) is 22.1 Å². The topological polar surface area (TPSA) is 62.2 Å². The second-order valence-corrected chi connectivity index (χ2v) is 5.14. The molecule has 90 valence electrons. The Kier molecular flexibility index (Phi) is 4.44. The van der Waals surface area contributed by atoms with Crippen molar-refractivity contribution in [2.75, 3.05) is 0 Å². The van der Waals surface area contributed by atoms with Gasteiger partial charge in [-0.25, -0.2) is 4.98 Å². The lowest BCUT2D eigenvalue weighted by atomic mass is 10.0. The van der Waals surface area contributed by atoms with Gasteiger partial charge in [-0.1, -0.05) is 13.8 Å². The van der Waals surface area contributed by atoms with Crippen molar-refractivity contribution >= 4 is 17.3 Å². The Morgan fingerprint density at radius 2 is 2.12 bits per heavy atom. The zero-order chi connectivity index (χ0) is 12.3. The van der Waals surface area contributed by atoms with Crippen LogP contribution in [0.3, 0.4) is 0 Å². The molecule has 2 unspecified atom stereocenters. The van der Waals surface area contributed by atoms with Gasteiger partial charge >= 0.3 is 5.97 Å². The predicted octanol–water partition coefficient (Wildman–Crippen LogP) is 2.21.